The number of nitrogens with one attached hydrogen (secondary N) is 2. The Morgan fingerprint density at radius 1 is 0.966 bits per heavy atom. The number of morpholine rings is 1. The Balaban J connectivity index is 0.000000867. The average Bonchev–Trinajstić information content (AvgIpc) is 3.76. The number of tetrazole rings is 1. The van der Waals surface area contributed by atoms with Crippen molar-refractivity contribution in [1.82, 2.24) is 30.9 Å². The van der Waals surface area contributed by atoms with Gasteiger partial charge in [0.25, 0.3) is 5.91 Å². The monoisotopic (exact) mass is 823 g/mol. The molecule has 59 heavy (non-hydrogen) atoms. The van der Waals surface area contributed by atoms with Crippen molar-refractivity contribution in [3.63, 3.8) is 0 Å². The molecule has 0 radical (unpaired) electrons. The van der Waals surface area contributed by atoms with Gasteiger partial charge in [0.1, 0.15) is 11.4 Å². The molecule has 3 heterocycles. The number of alkyl halides is 3. The molecule has 5 N–H and O–H groups in total. The molecule has 316 valence electrons. The van der Waals surface area contributed by atoms with Crippen LogP contribution in [0.1, 0.15) is 52.0 Å². The van der Waals surface area contributed by atoms with Crippen molar-refractivity contribution in [2.75, 3.05) is 42.6 Å². The summed E-state index contributed by atoms with van der Waals surface area (Å²) in [6, 6.07) is 18.0. The zero-order valence-corrected chi connectivity index (χ0v) is 32.9. The highest BCUT2D eigenvalue weighted by Gasteiger charge is 2.38. The summed E-state index contributed by atoms with van der Waals surface area (Å²) in [5, 5.41) is 24.1. The van der Waals surface area contributed by atoms with Gasteiger partial charge in [-0.15, -0.1) is 10.2 Å². The van der Waals surface area contributed by atoms with Gasteiger partial charge in [-0.05, 0) is 117 Å². The van der Waals surface area contributed by atoms with Crippen LogP contribution in [0.4, 0.5) is 29.5 Å². The highest BCUT2D eigenvalue weighted by molar-refractivity contribution is 6.17. The third-order valence-electron chi connectivity index (χ3n) is 9.68. The zero-order chi connectivity index (χ0) is 42.7. The topological polar surface area (TPSA) is 219 Å². The molecule has 2 aromatic heterocycles. The van der Waals surface area contributed by atoms with Crippen LogP contribution in [0, 0.1) is 11.8 Å². The molecule has 0 bridgehead atoms. The van der Waals surface area contributed by atoms with Crippen LogP contribution < -0.4 is 20.9 Å². The number of carbonyl (C=O) groups is 4. The van der Waals surface area contributed by atoms with Gasteiger partial charge in [0.15, 0.2) is 0 Å². The van der Waals surface area contributed by atoms with Crippen LogP contribution in [0.3, 0.4) is 0 Å². The first-order valence-corrected chi connectivity index (χ1v) is 19.1. The molecular weight excluding hydrogens is 775 g/mol. The molecule has 2 fully saturated rings. The molecule has 4 aromatic rings. The average molecular weight is 824 g/mol. The van der Waals surface area contributed by atoms with Gasteiger partial charge in [-0.3, -0.25) is 9.59 Å². The standard InChI is InChI=1S/C38H47N9O5.C2HF3O2/c1-38(2,3)52-37(50)41-24-26-6-10-29(11-7-26)35(48)47(31-14-12-28(13-15-31)34-42-44-45-43-34)36(49)32(39)22-25-4-8-27(9-5-25)30-16-17-40-33(23-30)46-18-20-51-21-19-46;3-2(4,5)1(6)7/h4-5,8-9,12-17,23,26,29,32H,6-7,10-11,18-22,24,39H2,1-3H3,(H,41,50)(H,42,43,44,45);(H,6,7)/t26-,29-,32-;/m0./s1. The first kappa shape index (κ1) is 44.2. The Morgan fingerprint density at radius 2 is 1.59 bits per heavy atom. The van der Waals surface area contributed by atoms with E-state index in [2.05, 4.69) is 41.9 Å². The Morgan fingerprint density at radius 3 is 2.17 bits per heavy atom. The quantitative estimate of drug-likeness (QED) is 0.163. The van der Waals surface area contributed by atoms with Gasteiger partial charge in [-0.1, -0.05) is 24.3 Å². The van der Waals surface area contributed by atoms with E-state index < -0.39 is 35.8 Å². The van der Waals surface area contributed by atoms with Crippen LogP contribution in [-0.4, -0.2) is 105 Å². The number of carbonyl (C=O) groups excluding carboxylic acids is 3. The summed E-state index contributed by atoms with van der Waals surface area (Å²) in [4.78, 5) is 57.4. The molecule has 2 aromatic carbocycles. The molecule has 1 saturated carbocycles. The van der Waals surface area contributed by atoms with Crippen molar-refractivity contribution < 1.29 is 46.9 Å². The van der Waals surface area contributed by atoms with Crippen LogP contribution in [0.2, 0.25) is 0 Å². The molecule has 3 amide bonds. The lowest BCUT2D eigenvalue weighted by Gasteiger charge is -2.32. The van der Waals surface area contributed by atoms with E-state index in [4.69, 9.17) is 25.1 Å². The smallest absolute Gasteiger partial charge is 0.475 e. The summed E-state index contributed by atoms with van der Waals surface area (Å²) >= 11 is 0. The number of imide groups is 1. The second-order valence-electron chi connectivity index (χ2n) is 15.2. The number of aromatic amines is 1. The molecule has 2 aliphatic rings. The first-order valence-electron chi connectivity index (χ1n) is 19.1. The number of aromatic nitrogens is 5. The van der Waals surface area contributed by atoms with E-state index in [1.54, 1.807) is 24.3 Å². The van der Waals surface area contributed by atoms with E-state index >= 15 is 0 Å². The van der Waals surface area contributed by atoms with Gasteiger partial charge in [-0.2, -0.15) is 18.4 Å². The van der Waals surface area contributed by atoms with E-state index in [0.29, 0.717) is 49.7 Å². The number of H-pyrrole nitrogens is 1. The molecule has 6 rings (SSSR count). The predicted molar refractivity (Wildman–Crippen MR) is 210 cm³/mol. The fraction of sp³-hybridized carbons (Fsp3) is 0.450. The highest BCUT2D eigenvalue weighted by Crippen LogP contribution is 2.32. The van der Waals surface area contributed by atoms with Crippen molar-refractivity contribution in [3.8, 4) is 22.5 Å². The number of hydrogen-bond acceptors (Lipinski definition) is 12. The lowest BCUT2D eigenvalue weighted by atomic mass is 9.81. The Kier molecular flexibility index (Phi) is 14.7. The van der Waals surface area contributed by atoms with Gasteiger partial charge in [0.05, 0.1) is 24.9 Å². The summed E-state index contributed by atoms with van der Waals surface area (Å²) in [5.74, 6) is -2.36. The number of ether oxygens (including phenoxy) is 2. The number of aliphatic carboxylic acids is 1. The molecule has 0 spiro atoms. The number of nitrogens with two attached hydrogens (primary N) is 1. The van der Waals surface area contributed by atoms with Crippen molar-refractivity contribution in [1.29, 1.82) is 0 Å². The van der Waals surface area contributed by atoms with E-state index in [0.717, 1.165) is 48.4 Å². The lowest BCUT2D eigenvalue weighted by molar-refractivity contribution is -0.192. The van der Waals surface area contributed by atoms with Gasteiger partial charge in [0, 0.05) is 37.3 Å². The van der Waals surface area contributed by atoms with Crippen LogP contribution in [0.25, 0.3) is 22.5 Å². The minimum Gasteiger partial charge on any atom is -0.475 e. The number of halogens is 3. The first-order chi connectivity index (χ1) is 28.0. The van der Waals surface area contributed by atoms with Crippen molar-refractivity contribution >= 4 is 35.4 Å². The van der Waals surface area contributed by atoms with Crippen LogP contribution in [0.15, 0.2) is 66.9 Å². The van der Waals surface area contributed by atoms with Crippen molar-refractivity contribution in [3.05, 3.63) is 72.4 Å². The maximum Gasteiger partial charge on any atom is 0.490 e. The number of carboxylic acid groups (broad SMARTS) is 1. The van der Waals surface area contributed by atoms with Crippen molar-refractivity contribution in [2.24, 2.45) is 17.6 Å². The van der Waals surface area contributed by atoms with Crippen LogP contribution in [-0.2, 0) is 30.3 Å². The van der Waals surface area contributed by atoms with Crippen molar-refractivity contribution in [2.45, 2.75) is 70.7 Å². The summed E-state index contributed by atoms with van der Waals surface area (Å²) in [7, 11) is 0. The number of anilines is 2. The second kappa shape index (κ2) is 19.7. The SMILES string of the molecule is CC(C)(C)OC(=O)NC[C@H]1CC[C@H](C(=O)N(C(=O)[C@@H](N)Cc2ccc(-c3ccnc(N4CCOCC4)c3)cc2)c2ccc(-c3nn[nH]n3)cc2)CC1.O=C(O)C(F)(F)F. The van der Waals surface area contributed by atoms with E-state index in [1.807, 2.05) is 57.3 Å². The van der Waals surface area contributed by atoms with E-state index in [1.165, 1.54) is 4.90 Å². The molecule has 1 saturated heterocycles. The number of carboxylic acids is 1. The van der Waals surface area contributed by atoms with Gasteiger partial charge < -0.3 is 30.5 Å². The molecule has 1 aliphatic heterocycles. The Labute approximate surface area is 338 Å². The van der Waals surface area contributed by atoms with E-state index in [-0.39, 0.29) is 24.2 Å². The summed E-state index contributed by atoms with van der Waals surface area (Å²) < 4.78 is 42.6. The Hall–Kier alpha value is -5.95. The third kappa shape index (κ3) is 12.8. The largest absolute Gasteiger partial charge is 0.490 e. The fourth-order valence-corrected chi connectivity index (χ4v) is 6.65. The minimum absolute atomic E-state index is 0.207. The molecule has 1 aliphatic carbocycles. The second-order valence-corrected chi connectivity index (χ2v) is 15.2. The minimum atomic E-state index is -5.08. The maximum absolute atomic E-state index is 14.2. The van der Waals surface area contributed by atoms with E-state index in [9.17, 15) is 27.6 Å². The number of rotatable bonds is 10. The number of benzene rings is 2. The number of hydrogen-bond donors (Lipinski definition) is 4. The molecule has 0 unspecified atom stereocenters. The number of pyridine rings is 1. The zero-order valence-electron chi connectivity index (χ0n) is 32.9. The summed E-state index contributed by atoms with van der Waals surface area (Å²) in [5.41, 5.74) is 10.1. The maximum atomic E-state index is 14.2. The fourth-order valence-electron chi connectivity index (χ4n) is 6.65. The molecule has 16 nitrogen and oxygen atoms in total. The normalized spacial score (nSPS) is 17.5. The Bertz CT molecular complexity index is 2010. The third-order valence-corrected chi connectivity index (χ3v) is 9.68. The number of amides is 3. The predicted octanol–water partition coefficient (Wildman–Crippen LogP) is 5.16. The van der Waals surface area contributed by atoms with Gasteiger partial charge >= 0.3 is 18.2 Å². The van der Waals surface area contributed by atoms with Crippen LogP contribution in [0.5, 0.6) is 0 Å². The number of alkyl carbamates (subject to hydrolysis) is 1. The molecule has 19 heteroatoms. The van der Waals surface area contributed by atoms with Crippen LogP contribution >= 0.6 is 0 Å². The molecule has 1 atom stereocenters. The lowest BCUT2D eigenvalue weighted by Crippen LogP contribution is -2.50. The highest BCUT2D eigenvalue weighted by atomic mass is 19.4. The molecular formula is C40H48F3N9O7. The summed E-state index contributed by atoms with van der Waals surface area (Å²) in [6.45, 7) is 8.91. The summed E-state index contributed by atoms with van der Waals surface area (Å²) in [6.07, 6.45) is -0.833. The number of nitrogens with zero attached hydrogens (tertiary/aromatic N) is 6. The van der Waals surface area contributed by atoms with Gasteiger partial charge in [0.2, 0.25) is 11.7 Å². The van der Waals surface area contributed by atoms with Gasteiger partial charge in [-0.25, -0.2) is 19.5 Å².